The van der Waals surface area contributed by atoms with Crippen molar-refractivity contribution in [3.63, 3.8) is 0 Å². The molecular formula is C21H21N3O4S. The molecule has 1 aromatic carbocycles. The smallest absolute Gasteiger partial charge is 0.349 e. The van der Waals surface area contributed by atoms with E-state index >= 15 is 0 Å². The van der Waals surface area contributed by atoms with Crippen LogP contribution >= 0.6 is 11.3 Å². The van der Waals surface area contributed by atoms with Crippen molar-refractivity contribution in [1.82, 2.24) is 9.55 Å². The highest BCUT2D eigenvalue weighted by atomic mass is 32.1. The predicted octanol–water partition coefficient (Wildman–Crippen LogP) is 3.21. The second kappa shape index (κ2) is 7.44. The summed E-state index contributed by atoms with van der Waals surface area (Å²) in [5.74, 6) is -0.281. The van der Waals surface area contributed by atoms with E-state index in [2.05, 4.69) is 10.3 Å². The minimum atomic E-state index is -0.980. The number of aryl methyl sites for hydroxylation is 3. The molecule has 0 fully saturated rings. The summed E-state index contributed by atoms with van der Waals surface area (Å²) in [5.41, 5.74) is 2.10. The first-order chi connectivity index (χ1) is 13.8. The lowest BCUT2D eigenvalue weighted by Crippen LogP contribution is -2.30. The Bertz CT molecular complexity index is 1190. The normalized spacial score (nSPS) is 13.9. The largest absolute Gasteiger partial charge is 0.448 e. The van der Waals surface area contributed by atoms with E-state index in [4.69, 9.17) is 4.74 Å². The van der Waals surface area contributed by atoms with Gasteiger partial charge in [0.15, 0.2) is 6.10 Å². The fourth-order valence-electron chi connectivity index (χ4n) is 3.50. The van der Waals surface area contributed by atoms with Crippen LogP contribution in [0.1, 0.15) is 40.0 Å². The minimum Gasteiger partial charge on any atom is -0.448 e. The van der Waals surface area contributed by atoms with Crippen molar-refractivity contribution in [2.45, 2.75) is 46.3 Å². The number of fused-ring (bicyclic) bond motifs is 2. The quantitative estimate of drug-likeness (QED) is 0.666. The monoisotopic (exact) mass is 411 g/mol. The molecule has 4 rings (SSSR count). The molecule has 0 spiro atoms. The third-order valence-corrected chi connectivity index (χ3v) is 6.20. The summed E-state index contributed by atoms with van der Waals surface area (Å²) in [6, 6.07) is 7.37. The zero-order valence-electron chi connectivity index (χ0n) is 16.4. The van der Waals surface area contributed by atoms with Crippen LogP contribution in [0.2, 0.25) is 0 Å². The first kappa shape index (κ1) is 19.3. The Labute approximate surface area is 171 Å². The lowest BCUT2D eigenvalue weighted by Gasteiger charge is -2.13. The second-order valence-corrected chi connectivity index (χ2v) is 8.23. The molecule has 1 N–H and O–H groups in total. The SMILES string of the molecule is Cc1cccc(NC(=O)[C@H](C)OC(=O)c2sc3nc4n(c(=O)c3c2C)CCC4)c1. The number of benzene rings is 1. The van der Waals surface area contributed by atoms with E-state index in [9.17, 15) is 14.4 Å². The van der Waals surface area contributed by atoms with Gasteiger partial charge >= 0.3 is 5.97 Å². The Kier molecular flexibility index (Phi) is 4.96. The van der Waals surface area contributed by atoms with E-state index in [1.54, 1.807) is 17.6 Å². The van der Waals surface area contributed by atoms with E-state index in [1.165, 1.54) is 6.92 Å². The molecule has 8 heteroatoms. The van der Waals surface area contributed by atoms with Crippen LogP contribution in [0, 0.1) is 13.8 Å². The number of amides is 1. The Morgan fingerprint density at radius 2 is 2.10 bits per heavy atom. The molecule has 29 heavy (non-hydrogen) atoms. The highest BCUT2D eigenvalue weighted by molar-refractivity contribution is 7.20. The van der Waals surface area contributed by atoms with Gasteiger partial charge in [0.05, 0.1) is 5.39 Å². The van der Waals surface area contributed by atoms with Crippen LogP contribution in [0.3, 0.4) is 0 Å². The predicted molar refractivity (Wildman–Crippen MR) is 112 cm³/mol. The van der Waals surface area contributed by atoms with Crippen LogP contribution in [0.15, 0.2) is 29.1 Å². The second-order valence-electron chi connectivity index (χ2n) is 7.23. The van der Waals surface area contributed by atoms with Gasteiger partial charge in [0.25, 0.3) is 11.5 Å². The first-order valence-electron chi connectivity index (χ1n) is 9.46. The molecule has 2 aromatic heterocycles. The maximum atomic E-state index is 12.8. The summed E-state index contributed by atoms with van der Waals surface area (Å²) >= 11 is 1.14. The van der Waals surface area contributed by atoms with Gasteiger partial charge in [-0.3, -0.25) is 14.2 Å². The van der Waals surface area contributed by atoms with Crippen LogP contribution in [0.25, 0.3) is 10.2 Å². The molecule has 3 aromatic rings. The standard InChI is InChI=1S/C21H21N3O4S/c1-11-6-4-7-14(10-11)22-18(25)13(3)28-21(27)17-12(2)16-19(29-17)23-15-8-5-9-24(15)20(16)26/h4,6-7,10,13H,5,8-9H2,1-3H3,(H,22,25)/t13-/m0/s1. The summed E-state index contributed by atoms with van der Waals surface area (Å²) in [5, 5.41) is 3.20. The van der Waals surface area contributed by atoms with E-state index in [0.717, 1.165) is 35.6 Å². The number of rotatable bonds is 4. The summed E-state index contributed by atoms with van der Waals surface area (Å²) in [4.78, 5) is 43.2. The topological polar surface area (TPSA) is 90.3 Å². The van der Waals surface area contributed by atoms with Crippen molar-refractivity contribution >= 4 is 39.1 Å². The van der Waals surface area contributed by atoms with Crippen molar-refractivity contribution in [3.8, 4) is 0 Å². The molecule has 1 amide bonds. The molecule has 0 saturated carbocycles. The van der Waals surface area contributed by atoms with Gasteiger partial charge in [0.2, 0.25) is 0 Å². The summed E-state index contributed by atoms with van der Waals surface area (Å²) in [7, 11) is 0. The zero-order chi connectivity index (χ0) is 20.7. The number of nitrogens with one attached hydrogen (secondary N) is 1. The molecule has 0 bridgehead atoms. The first-order valence-corrected chi connectivity index (χ1v) is 10.3. The van der Waals surface area contributed by atoms with Crippen molar-refractivity contribution in [3.05, 3.63) is 56.4 Å². The van der Waals surface area contributed by atoms with E-state index in [-0.39, 0.29) is 5.56 Å². The van der Waals surface area contributed by atoms with Crippen LogP contribution in [-0.2, 0) is 22.5 Å². The third-order valence-electron chi connectivity index (χ3n) is 5.04. The number of aromatic nitrogens is 2. The highest BCUT2D eigenvalue weighted by Crippen LogP contribution is 2.29. The Morgan fingerprint density at radius 1 is 1.31 bits per heavy atom. The lowest BCUT2D eigenvalue weighted by atomic mass is 10.2. The maximum absolute atomic E-state index is 12.8. The third kappa shape index (κ3) is 3.55. The number of hydrogen-bond acceptors (Lipinski definition) is 6. The van der Waals surface area contributed by atoms with Crippen molar-refractivity contribution in [2.24, 2.45) is 0 Å². The highest BCUT2D eigenvalue weighted by Gasteiger charge is 2.26. The molecule has 0 saturated heterocycles. The molecule has 1 atom stereocenters. The summed E-state index contributed by atoms with van der Waals surface area (Å²) in [6.07, 6.45) is 0.686. The molecule has 0 radical (unpaired) electrons. The van der Waals surface area contributed by atoms with E-state index in [1.807, 2.05) is 25.1 Å². The van der Waals surface area contributed by atoms with Gasteiger partial charge in [-0.1, -0.05) is 12.1 Å². The number of carbonyl (C=O) groups is 2. The number of anilines is 1. The number of carbonyl (C=O) groups excluding carboxylic acids is 2. The molecule has 0 aliphatic carbocycles. The summed E-state index contributed by atoms with van der Waals surface area (Å²) < 4.78 is 7.05. The summed E-state index contributed by atoms with van der Waals surface area (Å²) in [6.45, 7) is 5.82. The maximum Gasteiger partial charge on any atom is 0.349 e. The van der Waals surface area contributed by atoms with E-state index in [0.29, 0.717) is 32.9 Å². The molecule has 3 heterocycles. The molecule has 1 aliphatic heterocycles. The molecule has 1 aliphatic rings. The van der Waals surface area contributed by atoms with Gasteiger partial charge in [-0.25, -0.2) is 9.78 Å². The van der Waals surface area contributed by atoms with Crippen LogP contribution in [0.5, 0.6) is 0 Å². The Balaban J connectivity index is 1.54. The number of thiophene rings is 1. The van der Waals surface area contributed by atoms with Gasteiger partial charge in [-0.05, 0) is 50.5 Å². The molecule has 0 unspecified atom stereocenters. The van der Waals surface area contributed by atoms with Gasteiger partial charge in [0.1, 0.15) is 15.5 Å². The van der Waals surface area contributed by atoms with Crippen molar-refractivity contribution in [2.75, 3.05) is 5.32 Å². The van der Waals surface area contributed by atoms with Crippen LogP contribution in [0.4, 0.5) is 5.69 Å². The van der Waals surface area contributed by atoms with Gasteiger partial charge in [-0.2, -0.15) is 0 Å². The molecular weight excluding hydrogens is 390 g/mol. The fraction of sp³-hybridized carbons (Fsp3) is 0.333. The number of esters is 1. The molecule has 7 nitrogen and oxygen atoms in total. The minimum absolute atomic E-state index is 0.111. The number of nitrogens with zero attached hydrogens (tertiary/aromatic N) is 2. The zero-order valence-corrected chi connectivity index (χ0v) is 17.3. The average molecular weight is 411 g/mol. The fourth-order valence-corrected chi connectivity index (χ4v) is 4.58. The van der Waals surface area contributed by atoms with Gasteiger partial charge < -0.3 is 10.1 Å². The lowest BCUT2D eigenvalue weighted by molar-refractivity contribution is -0.123. The van der Waals surface area contributed by atoms with Gasteiger partial charge in [0, 0.05) is 18.7 Å². The van der Waals surface area contributed by atoms with Crippen LogP contribution < -0.4 is 10.9 Å². The Morgan fingerprint density at radius 3 is 2.86 bits per heavy atom. The van der Waals surface area contributed by atoms with Crippen LogP contribution in [-0.4, -0.2) is 27.5 Å². The Hall–Kier alpha value is -3.00. The van der Waals surface area contributed by atoms with Gasteiger partial charge in [-0.15, -0.1) is 11.3 Å². The number of hydrogen-bond donors (Lipinski definition) is 1. The molecule has 150 valence electrons. The average Bonchev–Trinajstić information content (AvgIpc) is 3.27. The number of ether oxygens (including phenoxy) is 1. The van der Waals surface area contributed by atoms with Crippen molar-refractivity contribution < 1.29 is 14.3 Å². The van der Waals surface area contributed by atoms with Crippen molar-refractivity contribution in [1.29, 1.82) is 0 Å². The van der Waals surface area contributed by atoms with E-state index < -0.39 is 18.0 Å².